The molecule has 0 atom stereocenters. The van der Waals surface area contributed by atoms with E-state index in [1.807, 2.05) is 0 Å². The predicted octanol–water partition coefficient (Wildman–Crippen LogP) is 1.43. The zero-order chi connectivity index (χ0) is 17.0. The Bertz CT molecular complexity index is 704. The van der Waals surface area contributed by atoms with Crippen molar-refractivity contribution < 1.29 is 18.0 Å². The third-order valence-electron chi connectivity index (χ3n) is 3.35. The largest absolute Gasteiger partial charge is 0.332 e. The first-order valence-electron chi connectivity index (χ1n) is 7.05. The van der Waals surface area contributed by atoms with Gasteiger partial charge in [-0.05, 0) is 18.2 Å². The van der Waals surface area contributed by atoms with Crippen molar-refractivity contribution in [2.24, 2.45) is 0 Å². The SMILES string of the molecule is CN(C)S(=O)(=O)c1cccc(NC(=O)CCN2CCSC2=O)c1. The highest BCUT2D eigenvalue weighted by molar-refractivity contribution is 8.13. The molecule has 0 aliphatic carbocycles. The Labute approximate surface area is 140 Å². The molecular formula is C14H19N3O4S2. The van der Waals surface area contributed by atoms with Gasteiger partial charge in [-0.3, -0.25) is 9.59 Å². The van der Waals surface area contributed by atoms with Crippen LogP contribution in [-0.2, 0) is 14.8 Å². The molecule has 1 aromatic carbocycles. The van der Waals surface area contributed by atoms with E-state index in [4.69, 9.17) is 0 Å². The molecule has 9 heteroatoms. The summed E-state index contributed by atoms with van der Waals surface area (Å²) in [6.45, 7) is 1.03. The molecule has 1 aromatic rings. The number of hydrogen-bond donors (Lipinski definition) is 1. The number of benzene rings is 1. The standard InChI is InChI=1S/C14H19N3O4S2/c1-16(2)23(20,21)12-5-3-4-11(10-12)15-13(18)6-7-17-8-9-22-14(17)19/h3-5,10H,6-9H2,1-2H3,(H,15,18). The highest BCUT2D eigenvalue weighted by Crippen LogP contribution is 2.19. The number of carbonyl (C=O) groups excluding carboxylic acids is 2. The minimum absolute atomic E-state index is 0.00289. The Morgan fingerprint density at radius 3 is 2.74 bits per heavy atom. The molecule has 1 aliphatic heterocycles. The van der Waals surface area contributed by atoms with E-state index in [-0.39, 0.29) is 22.5 Å². The van der Waals surface area contributed by atoms with E-state index in [9.17, 15) is 18.0 Å². The average Bonchev–Trinajstić information content (AvgIpc) is 2.90. The second-order valence-electron chi connectivity index (χ2n) is 5.21. The van der Waals surface area contributed by atoms with Gasteiger partial charge in [-0.15, -0.1) is 0 Å². The van der Waals surface area contributed by atoms with Crippen LogP contribution in [0.3, 0.4) is 0 Å². The number of nitrogens with zero attached hydrogens (tertiary/aromatic N) is 2. The fourth-order valence-corrected chi connectivity index (χ4v) is 3.83. The Morgan fingerprint density at radius 2 is 2.13 bits per heavy atom. The van der Waals surface area contributed by atoms with E-state index in [2.05, 4.69) is 5.32 Å². The Hall–Kier alpha value is -1.58. The zero-order valence-electron chi connectivity index (χ0n) is 13.0. The predicted molar refractivity (Wildman–Crippen MR) is 90.0 cm³/mol. The lowest BCUT2D eigenvalue weighted by molar-refractivity contribution is -0.116. The molecule has 126 valence electrons. The van der Waals surface area contributed by atoms with E-state index in [1.54, 1.807) is 17.0 Å². The molecule has 0 saturated carbocycles. The summed E-state index contributed by atoms with van der Waals surface area (Å²) in [6, 6.07) is 6.10. The van der Waals surface area contributed by atoms with Crippen molar-refractivity contribution in [3.63, 3.8) is 0 Å². The van der Waals surface area contributed by atoms with Gasteiger partial charge in [0.15, 0.2) is 0 Å². The van der Waals surface area contributed by atoms with Gasteiger partial charge in [0.2, 0.25) is 15.9 Å². The molecule has 1 N–H and O–H groups in total. The number of hydrogen-bond acceptors (Lipinski definition) is 5. The first kappa shape index (κ1) is 17.8. The number of carbonyl (C=O) groups is 2. The molecule has 1 heterocycles. The minimum atomic E-state index is -3.54. The number of sulfonamides is 1. The van der Waals surface area contributed by atoms with E-state index < -0.39 is 10.0 Å². The van der Waals surface area contributed by atoms with Crippen LogP contribution in [0, 0.1) is 0 Å². The van der Waals surface area contributed by atoms with Crippen LogP contribution in [0.25, 0.3) is 0 Å². The van der Waals surface area contributed by atoms with Crippen molar-refractivity contribution in [3.8, 4) is 0 Å². The average molecular weight is 357 g/mol. The second-order valence-corrected chi connectivity index (χ2v) is 8.41. The molecule has 1 aliphatic rings. The third-order valence-corrected chi connectivity index (χ3v) is 6.05. The Balaban J connectivity index is 1.97. The van der Waals surface area contributed by atoms with Crippen LogP contribution in [0.5, 0.6) is 0 Å². The van der Waals surface area contributed by atoms with Crippen LogP contribution >= 0.6 is 11.8 Å². The van der Waals surface area contributed by atoms with Gasteiger partial charge >= 0.3 is 0 Å². The van der Waals surface area contributed by atoms with Gasteiger partial charge in [0.05, 0.1) is 4.90 Å². The lowest BCUT2D eigenvalue weighted by atomic mass is 10.3. The van der Waals surface area contributed by atoms with Crippen molar-refractivity contribution in [1.82, 2.24) is 9.21 Å². The fraction of sp³-hybridized carbons (Fsp3) is 0.429. The monoisotopic (exact) mass is 357 g/mol. The van der Waals surface area contributed by atoms with Crippen molar-refractivity contribution in [2.45, 2.75) is 11.3 Å². The summed E-state index contributed by atoms with van der Waals surface area (Å²) in [5.41, 5.74) is 0.417. The van der Waals surface area contributed by atoms with Gasteiger partial charge in [0, 0.05) is 45.0 Å². The molecular weight excluding hydrogens is 338 g/mol. The Morgan fingerprint density at radius 1 is 1.39 bits per heavy atom. The fourth-order valence-electron chi connectivity index (χ4n) is 2.03. The topological polar surface area (TPSA) is 86.8 Å². The molecule has 0 spiro atoms. The van der Waals surface area contributed by atoms with Crippen molar-refractivity contribution in [3.05, 3.63) is 24.3 Å². The number of amides is 2. The van der Waals surface area contributed by atoms with Gasteiger partial charge in [0.25, 0.3) is 5.24 Å². The maximum atomic E-state index is 12.1. The van der Waals surface area contributed by atoms with Crippen molar-refractivity contribution in [1.29, 1.82) is 0 Å². The van der Waals surface area contributed by atoms with E-state index in [0.29, 0.717) is 18.8 Å². The lowest BCUT2D eigenvalue weighted by Crippen LogP contribution is -2.27. The summed E-state index contributed by atoms with van der Waals surface area (Å²) < 4.78 is 25.3. The molecule has 0 radical (unpaired) electrons. The van der Waals surface area contributed by atoms with E-state index >= 15 is 0 Å². The Kier molecular flexibility index (Phi) is 5.66. The number of nitrogens with one attached hydrogen (secondary N) is 1. The first-order valence-corrected chi connectivity index (χ1v) is 9.47. The van der Waals surface area contributed by atoms with Crippen LogP contribution in [0.2, 0.25) is 0 Å². The molecule has 0 aromatic heterocycles. The van der Waals surface area contributed by atoms with Crippen LogP contribution in [-0.4, -0.2) is 61.7 Å². The first-order chi connectivity index (χ1) is 10.8. The third kappa shape index (κ3) is 4.46. The van der Waals surface area contributed by atoms with Crippen LogP contribution < -0.4 is 5.32 Å². The highest BCUT2D eigenvalue weighted by Gasteiger charge is 2.21. The van der Waals surface area contributed by atoms with Crippen molar-refractivity contribution >= 4 is 38.6 Å². The molecule has 0 unspecified atom stereocenters. The summed E-state index contributed by atoms with van der Waals surface area (Å²) in [5, 5.41) is 2.66. The molecule has 1 fully saturated rings. The summed E-state index contributed by atoms with van der Waals surface area (Å²) >= 11 is 1.25. The minimum Gasteiger partial charge on any atom is -0.332 e. The quantitative estimate of drug-likeness (QED) is 0.832. The normalized spacial score (nSPS) is 15.3. The number of rotatable bonds is 6. The second kappa shape index (κ2) is 7.33. The molecule has 0 bridgehead atoms. The van der Waals surface area contributed by atoms with Crippen LogP contribution in [0.15, 0.2) is 29.2 Å². The molecule has 2 amide bonds. The number of thioether (sulfide) groups is 1. The zero-order valence-corrected chi connectivity index (χ0v) is 14.6. The van der Waals surface area contributed by atoms with Gasteiger partial charge in [-0.2, -0.15) is 0 Å². The molecule has 2 rings (SSSR count). The van der Waals surface area contributed by atoms with E-state index in [1.165, 1.54) is 38.0 Å². The molecule has 7 nitrogen and oxygen atoms in total. The van der Waals surface area contributed by atoms with E-state index in [0.717, 1.165) is 10.1 Å². The van der Waals surface area contributed by atoms with Crippen LogP contribution in [0.1, 0.15) is 6.42 Å². The highest BCUT2D eigenvalue weighted by atomic mass is 32.2. The van der Waals surface area contributed by atoms with Gasteiger partial charge in [-0.1, -0.05) is 17.8 Å². The van der Waals surface area contributed by atoms with Gasteiger partial charge in [-0.25, -0.2) is 12.7 Å². The van der Waals surface area contributed by atoms with Crippen LogP contribution in [0.4, 0.5) is 10.5 Å². The summed E-state index contributed by atoms with van der Waals surface area (Å²) in [6.07, 6.45) is 0.178. The smallest absolute Gasteiger partial charge is 0.281 e. The summed E-state index contributed by atoms with van der Waals surface area (Å²) in [7, 11) is -0.641. The van der Waals surface area contributed by atoms with Gasteiger partial charge in [0.1, 0.15) is 0 Å². The maximum absolute atomic E-state index is 12.1. The molecule has 1 saturated heterocycles. The summed E-state index contributed by atoms with van der Waals surface area (Å²) in [4.78, 5) is 25.2. The maximum Gasteiger partial charge on any atom is 0.281 e. The number of anilines is 1. The van der Waals surface area contributed by atoms with Gasteiger partial charge < -0.3 is 10.2 Å². The summed E-state index contributed by atoms with van der Waals surface area (Å²) in [5.74, 6) is 0.499. The lowest BCUT2D eigenvalue weighted by Gasteiger charge is -2.15. The van der Waals surface area contributed by atoms with Crippen molar-refractivity contribution in [2.75, 3.05) is 38.3 Å². The molecule has 23 heavy (non-hydrogen) atoms.